The Morgan fingerprint density at radius 3 is 1.64 bits per heavy atom. The molecule has 25 heavy (non-hydrogen) atoms. The topological polar surface area (TPSA) is 52.6 Å². The average molecular weight is 336 g/mol. The molecule has 0 saturated carbocycles. The van der Waals surface area contributed by atoms with Crippen molar-refractivity contribution in [3.8, 4) is 11.5 Å². The van der Waals surface area contributed by atoms with E-state index in [1.807, 2.05) is 36.4 Å². The van der Waals surface area contributed by atoms with Gasteiger partial charge in [0, 0.05) is 41.5 Å². The zero-order valence-electron chi connectivity index (χ0n) is 14.0. The van der Waals surface area contributed by atoms with Gasteiger partial charge >= 0.3 is 0 Å². The van der Waals surface area contributed by atoms with E-state index in [9.17, 15) is 9.59 Å². The van der Waals surface area contributed by atoms with Gasteiger partial charge in [0.25, 0.3) is 0 Å². The van der Waals surface area contributed by atoms with E-state index in [0.717, 1.165) is 53.0 Å². The highest BCUT2D eigenvalue weighted by Crippen LogP contribution is 2.31. The standard InChI is InChI=1S/C21H20O4/c22-18-10-8-16-14(18)4-1-6-20(16)24-12-3-13-25-21-7-2-5-15-17(21)9-11-19(15)23/h1-2,4-7H,3,8-13H2. The van der Waals surface area contributed by atoms with Crippen LogP contribution in [-0.4, -0.2) is 24.8 Å². The molecule has 0 radical (unpaired) electrons. The van der Waals surface area contributed by atoms with Crippen molar-refractivity contribution >= 4 is 11.6 Å². The molecule has 0 bridgehead atoms. The van der Waals surface area contributed by atoms with Crippen LogP contribution in [0.2, 0.25) is 0 Å². The molecule has 4 nitrogen and oxygen atoms in total. The van der Waals surface area contributed by atoms with E-state index < -0.39 is 0 Å². The maximum Gasteiger partial charge on any atom is 0.163 e. The zero-order valence-corrected chi connectivity index (χ0v) is 14.0. The van der Waals surface area contributed by atoms with Crippen molar-refractivity contribution in [2.24, 2.45) is 0 Å². The fraction of sp³-hybridized carbons (Fsp3) is 0.333. The van der Waals surface area contributed by atoms with E-state index in [-0.39, 0.29) is 11.6 Å². The molecule has 0 saturated heterocycles. The zero-order chi connectivity index (χ0) is 17.2. The van der Waals surface area contributed by atoms with Gasteiger partial charge < -0.3 is 9.47 Å². The minimum Gasteiger partial charge on any atom is -0.493 e. The second-order valence-corrected chi connectivity index (χ2v) is 6.46. The van der Waals surface area contributed by atoms with E-state index in [0.29, 0.717) is 26.1 Å². The second kappa shape index (κ2) is 6.71. The Hall–Kier alpha value is -2.62. The number of fused-ring (bicyclic) bond motifs is 2. The molecular weight excluding hydrogens is 316 g/mol. The predicted octanol–water partition coefficient (Wildman–Crippen LogP) is 3.79. The number of hydrogen-bond donors (Lipinski definition) is 0. The van der Waals surface area contributed by atoms with Crippen LogP contribution in [0.1, 0.15) is 51.1 Å². The van der Waals surface area contributed by atoms with Crippen LogP contribution in [0.4, 0.5) is 0 Å². The molecule has 0 heterocycles. The Morgan fingerprint density at radius 2 is 1.16 bits per heavy atom. The molecule has 0 atom stereocenters. The van der Waals surface area contributed by atoms with Gasteiger partial charge in [0.2, 0.25) is 0 Å². The van der Waals surface area contributed by atoms with Gasteiger partial charge in [0.1, 0.15) is 11.5 Å². The van der Waals surface area contributed by atoms with Crippen molar-refractivity contribution in [1.82, 2.24) is 0 Å². The minimum atomic E-state index is 0.205. The molecule has 2 aromatic carbocycles. The largest absolute Gasteiger partial charge is 0.493 e. The fourth-order valence-electron chi connectivity index (χ4n) is 3.61. The quantitative estimate of drug-likeness (QED) is 0.753. The highest BCUT2D eigenvalue weighted by molar-refractivity contribution is 6.01. The molecule has 0 aliphatic heterocycles. The van der Waals surface area contributed by atoms with Crippen molar-refractivity contribution in [2.75, 3.05) is 13.2 Å². The Kier molecular flexibility index (Phi) is 4.26. The van der Waals surface area contributed by atoms with Gasteiger partial charge in [-0.15, -0.1) is 0 Å². The molecule has 0 fully saturated rings. The van der Waals surface area contributed by atoms with Crippen molar-refractivity contribution < 1.29 is 19.1 Å². The summed E-state index contributed by atoms with van der Waals surface area (Å²) in [5, 5.41) is 0. The van der Waals surface area contributed by atoms with E-state index in [4.69, 9.17) is 9.47 Å². The summed E-state index contributed by atoms with van der Waals surface area (Å²) in [6, 6.07) is 11.3. The summed E-state index contributed by atoms with van der Waals surface area (Å²) in [5.74, 6) is 2.04. The number of hydrogen-bond acceptors (Lipinski definition) is 4. The maximum absolute atomic E-state index is 11.8. The van der Waals surface area contributed by atoms with Gasteiger partial charge in [-0.25, -0.2) is 0 Å². The number of benzene rings is 2. The van der Waals surface area contributed by atoms with Crippen molar-refractivity contribution in [3.05, 3.63) is 58.7 Å². The predicted molar refractivity (Wildman–Crippen MR) is 93.8 cm³/mol. The summed E-state index contributed by atoms with van der Waals surface area (Å²) in [5.41, 5.74) is 3.68. The highest BCUT2D eigenvalue weighted by atomic mass is 16.5. The Labute approximate surface area is 146 Å². The summed E-state index contributed by atoms with van der Waals surface area (Å²) < 4.78 is 11.7. The molecule has 4 rings (SSSR count). The van der Waals surface area contributed by atoms with Gasteiger partial charge in [-0.2, -0.15) is 0 Å². The molecule has 128 valence electrons. The maximum atomic E-state index is 11.8. The van der Waals surface area contributed by atoms with E-state index in [1.165, 1.54) is 0 Å². The molecule has 0 unspecified atom stereocenters. The number of carbonyl (C=O) groups is 2. The lowest BCUT2D eigenvalue weighted by molar-refractivity contribution is 0.0986. The van der Waals surface area contributed by atoms with Gasteiger partial charge in [-0.1, -0.05) is 24.3 Å². The number of ether oxygens (including phenoxy) is 2. The summed E-state index contributed by atoms with van der Waals surface area (Å²) in [6.45, 7) is 1.08. The first-order valence-corrected chi connectivity index (χ1v) is 8.80. The lowest BCUT2D eigenvalue weighted by atomic mass is 10.1. The number of carbonyl (C=O) groups excluding carboxylic acids is 2. The lowest BCUT2D eigenvalue weighted by Gasteiger charge is -2.12. The molecule has 0 N–H and O–H groups in total. The Bertz CT molecular complexity index is 768. The van der Waals surface area contributed by atoms with Crippen molar-refractivity contribution in [3.63, 3.8) is 0 Å². The van der Waals surface area contributed by atoms with Crippen LogP contribution in [0.5, 0.6) is 11.5 Å². The molecule has 2 aliphatic carbocycles. The van der Waals surface area contributed by atoms with Gasteiger partial charge in [0.05, 0.1) is 13.2 Å². The summed E-state index contributed by atoms with van der Waals surface area (Å²) >= 11 is 0. The lowest BCUT2D eigenvalue weighted by Crippen LogP contribution is -2.07. The van der Waals surface area contributed by atoms with Crippen molar-refractivity contribution in [1.29, 1.82) is 0 Å². The van der Waals surface area contributed by atoms with Crippen LogP contribution in [0, 0.1) is 0 Å². The third-order valence-corrected chi connectivity index (χ3v) is 4.87. The van der Waals surface area contributed by atoms with Crippen LogP contribution < -0.4 is 9.47 Å². The van der Waals surface area contributed by atoms with Gasteiger partial charge in [-0.05, 0) is 25.0 Å². The summed E-state index contributed by atoms with van der Waals surface area (Å²) in [6.07, 6.45) is 3.44. The third-order valence-electron chi connectivity index (χ3n) is 4.87. The van der Waals surface area contributed by atoms with E-state index >= 15 is 0 Å². The van der Waals surface area contributed by atoms with Crippen LogP contribution in [0.3, 0.4) is 0 Å². The first-order chi connectivity index (χ1) is 12.2. The number of rotatable bonds is 6. The van der Waals surface area contributed by atoms with Crippen molar-refractivity contribution in [2.45, 2.75) is 32.1 Å². The SMILES string of the molecule is O=C1CCc2c(OCCCOc3cccc4c3CCC4=O)cccc21. The van der Waals surface area contributed by atoms with E-state index in [2.05, 4.69) is 0 Å². The number of Topliss-reactive ketones (excluding diaryl/α,β-unsaturated/α-hetero) is 2. The molecule has 0 spiro atoms. The molecule has 2 aromatic rings. The van der Waals surface area contributed by atoms with Gasteiger partial charge in [0.15, 0.2) is 11.6 Å². The minimum absolute atomic E-state index is 0.205. The molecule has 0 aromatic heterocycles. The Morgan fingerprint density at radius 1 is 0.680 bits per heavy atom. The smallest absolute Gasteiger partial charge is 0.163 e. The van der Waals surface area contributed by atoms with Crippen LogP contribution in [-0.2, 0) is 12.8 Å². The highest BCUT2D eigenvalue weighted by Gasteiger charge is 2.23. The van der Waals surface area contributed by atoms with Gasteiger partial charge in [-0.3, -0.25) is 9.59 Å². The third kappa shape index (κ3) is 3.04. The van der Waals surface area contributed by atoms with E-state index in [1.54, 1.807) is 0 Å². The number of ketones is 2. The first kappa shape index (κ1) is 15.9. The monoisotopic (exact) mass is 336 g/mol. The second-order valence-electron chi connectivity index (χ2n) is 6.46. The Balaban J connectivity index is 1.30. The molecular formula is C21H20O4. The molecule has 2 aliphatic rings. The normalized spacial score (nSPS) is 15.2. The molecule has 0 amide bonds. The fourth-order valence-corrected chi connectivity index (χ4v) is 3.61. The van der Waals surface area contributed by atoms with Crippen LogP contribution >= 0.6 is 0 Å². The summed E-state index contributed by atoms with van der Waals surface area (Å²) in [4.78, 5) is 23.5. The average Bonchev–Trinajstić information content (AvgIpc) is 3.20. The van der Waals surface area contributed by atoms with Crippen LogP contribution in [0.25, 0.3) is 0 Å². The molecule has 4 heteroatoms. The van der Waals surface area contributed by atoms with Crippen LogP contribution in [0.15, 0.2) is 36.4 Å². The first-order valence-electron chi connectivity index (χ1n) is 8.80. The summed E-state index contributed by atoms with van der Waals surface area (Å²) in [7, 11) is 0.